The molecule has 0 aliphatic carbocycles. The first-order chi connectivity index (χ1) is 7.91. The van der Waals surface area contributed by atoms with Gasteiger partial charge in [-0.1, -0.05) is 0 Å². The highest BCUT2D eigenvalue weighted by Crippen LogP contribution is 2.13. The molecule has 0 radical (unpaired) electrons. The molecular weight excluding hydrogens is 233 g/mol. The lowest BCUT2D eigenvalue weighted by molar-refractivity contribution is -0.114. The van der Waals surface area contributed by atoms with Crippen LogP contribution in [0.3, 0.4) is 0 Å². The zero-order chi connectivity index (χ0) is 13.0. The van der Waals surface area contributed by atoms with Gasteiger partial charge in [0.1, 0.15) is 0 Å². The Labute approximate surface area is 96.1 Å². The van der Waals surface area contributed by atoms with Crippen molar-refractivity contribution in [3.05, 3.63) is 46.9 Å². The molecule has 0 atom stereocenters. The summed E-state index contributed by atoms with van der Waals surface area (Å²) in [6.07, 6.45) is 1.32. The minimum Gasteiger partial charge on any atom is -0.386 e. The van der Waals surface area contributed by atoms with Gasteiger partial charge < -0.3 is 11.1 Å². The third kappa shape index (κ3) is 3.51. The van der Waals surface area contributed by atoms with Crippen molar-refractivity contribution in [2.75, 3.05) is 0 Å². The minimum atomic E-state index is -1.50. The third-order valence-electron chi connectivity index (χ3n) is 2.06. The number of carbonyl (C=O) groups excluding carboxylic acids is 1. The molecule has 1 rings (SSSR count). The average Bonchev–Trinajstić information content (AvgIpc) is 2.25. The summed E-state index contributed by atoms with van der Waals surface area (Å²) in [5.41, 5.74) is 5.46. The molecule has 0 fully saturated rings. The topological polar surface area (TPSA) is 55.1 Å². The molecule has 0 unspecified atom stereocenters. The highest BCUT2D eigenvalue weighted by molar-refractivity contribution is 5.91. The lowest BCUT2D eigenvalue weighted by Gasteiger charge is -2.04. The second-order valence-corrected chi connectivity index (χ2v) is 3.45. The molecule has 0 saturated heterocycles. The summed E-state index contributed by atoms with van der Waals surface area (Å²) in [4.78, 5) is 10.6. The molecule has 0 bridgehead atoms. The van der Waals surface area contributed by atoms with Crippen molar-refractivity contribution < 1.29 is 18.0 Å². The Morgan fingerprint density at radius 3 is 2.35 bits per heavy atom. The zero-order valence-electron chi connectivity index (χ0n) is 9.06. The molecule has 3 nitrogen and oxygen atoms in total. The molecule has 0 spiro atoms. The second-order valence-electron chi connectivity index (χ2n) is 3.45. The van der Waals surface area contributed by atoms with Crippen molar-refractivity contribution in [2.45, 2.75) is 13.5 Å². The van der Waals surface area contributed by atoms with E-state index >= 15 is 0 Å². The van der Waals surface area contributed by atoms with Gasteiger partial charge in [-0.3, -0.25) is 4.79 Å². The van der Waals surface area contributed by atoms with E-state index in [1.807, 2.05) is 0 Å². The van der Waals surface area contributed by atoms with Crippen LogP contribution in [0.1, 0.15) is 12.5 Å². The van der Waals surface area contributed by atoms with E-state index in [1.54, 1.807) is 0 Å². The Hall–Kier alpha value is -1.98. The molecule has 1 aromatic carbocycles. The number of hydrogen-bond acceptors (Lipinski definition) is 2. The maximum absolute atomic E-state index is 12.8. The standard InChI is InChI=1S/C11H11F3N2O/c1-6(11(15)17)4-16-5-7-2-8(12)10(14)9(13)3-7/h2-4,16H,5H2,1H3,(H2,15,17)/b6-4-. The van der Waals surface area contributed by atoms with E-state index in [0.717, 1.165) is 12.1 Å². The summed E-state index contributed by atoms with van der Waals surface area (Å²) < 4.78 is 38.3. The number of primary amides is 1. The first-order valence-corrected chi connectivity index (χ1v) is 4.75. The van der Waals surface area contributed by atoms with Crippen LogP contribution < -0.4 is 11.1 Å². The normalized spacial score (nSPS) is 11.4. The molecule has 0 aromatic heterocycles. The fourth-order valence-corrected chi connectivity index (χ4v) is 1.10. The molecule has 17 heavy (non-hydrogen) atoms. The highest BCUT2D eigenvalue weighted by Gasteiger charge is 2.09. The second kappa shape index (κ2) is 5.38. The third-order valence-corrected chi connectivity index (χ3v) is 2.06. The smallest absolute Gasteiger partial charge is 0.245 e. The summed E-state index contributed by atoms with van der Waals surface area (Å²) in [6, 6.07) is 1.75. The maximum Gasteiger partial charge on any atom is 0.245 e. The van der Waals surface area contributed by atoms with E-state index < -0.39 is 23.4 Å². The summed E-state index contributed by atoms with van der Waals surface area (Å²) in [5, 5.41) is 2.64. The minimum absolute atomic E-state index is 0.0543. The predicted molar refractivity (Wildman–Crippen MR) is 56.1 cm³/mol. The molecule has 1 aromatic rings. The molecule has 0 saturated carbocycles. The lowest BCUT2D eigenvalue weighted by atomic mass is 10.2. The Morgan fingerprint density at radius 1 is 1.35 bits per heavy atom. The molecule has 6 heteroatoms. The fraction of sp³-hybridized carbons (Fsp3) is 0.182. The number of hydrogen-bond donors (Lipinski definition) is 2. The first kappa shape index (κ1) is 13.1. The molecule has 0 aliphatic rings. The summed E-state index contributed by atoms with van der Waals surface area (Å²) >= 11 is 0. The van der Waals surface area contributed by atoms with E-state index in [1.165, 1.54) is 13.1 Å². The maximum atomic E-state index is 12.8. The Balaban J connectivity index is 2.71. The Morgan fingerprint density at radius 2 is 1.88 bits per heavy atom. The monoisotopic (exact) mass is 244 g/mol. The summed E-state index contributed by atoms with van der Waals surface area (Å²) in [5.74, 6) is -4.61. The Bertz CT molecular complexity index is 449. The average molecular weight is 244 g/mol. The molecule has 1 amide bonds. The van der Waals surface area contributed by atoms with E-state index in [-0.39, 0.29) is 17.7 Å². The van der Waals surface area contributed by atoms with Crippen LogP contribution in [0.5, 0.6) is 0 Å². The number of rotatable bonds is 4. The van der Waals surface area contributed by atoms with Gasteiger partial charge in [-0.15, -0.1) is 0 Å². The number of nitrogens with one attached hydrogen (secondary N) is 1. The number of halogens is 3. The van der Waals surface area contributed by atoms with E-state index in [0.29, 0.717) is 0 Å². The van der Waals surface area contributed by atoms with E-state index in [2.05, 4.69) is 5.32 Å². The lowest BCUT2D eigenvalue weighted by Crippen LogP contribution is -2.15. The fourth-order valence-electron chi connectivity index (χ4n) is 1.10. The van der Waals surface area contributed by atoms with Gasteiger partial charge in [-0.25, -0.2) is 13.2 Å². The molecule has 0 aliphatic heterocycles. The van der Waals surface area contributed by atoms with Crippen molar-refractivity contribution in [3.63, 3.8) is 0 Å². The van der Waals surface area contributed by atoms with Gasteiger partial charge >= 0.3 is 0 Å². The van der Waals surface area contributed by atoms with Crippen LogP contribution in [0.15, 0.2) is 23.9 Å². The SMILES string of the molecule is C/C(=C/NCc1cc(F)c(F)c(F)c1)C(N)=O. The number of carbonyl (C=O) groups is 1. The molecule has 92 valence electrons. The van der Waals surface area contributed by atoms with Crippen LogP contribution in [-0.4, -0.2) is 5.91 Å². The van der Waals surface area contributed by atoms with Crippen LogP contribution in [0.4, 0.5) is 13.2 Å². The van der Waals surface area contributed by atoms with Gasteiger partial charge in [0.2, 0.25) is 5.91 Å². The van der Waals surface area contributed by atoms with Crippen molar-refractivity contribution in [2.24, 2.45) is 5.73 Å². The van der Waals surface area contributed by atoms with Gasteiger partial charge in [-0.2, -0.15) is 0 Å². The molecule has 0 heterocycles. The highest BCUT2D eigenvalue weighted by atomic mass is 19.2. The molecular formula is C11H11F3N2O. The summed E-state index contributed by atoms with van der Waals surface area (Å²) in [7, 11) is 0. The van der Waals surface area contributed by atoms with Crippen LogP contribution >= 0.6 is 0 Å². The summed E-state index contributed by atoms with van der Waals surface area (Å²) in [6.45, 7) is 1.54. The number of benzene rings is 1. The van der Waals surface area contributed by atoms with Crippen LogP contribution in [0, 0.1) is 17.5 Å². The Kier molecular flexibility index (Phi) is 4.14. The van der Waals surface area contributed by atoms with Crippen LogP contribution in [-0.2, 0) is 11.3 Å². The van der Waals surface area contributed by atoms with Crippen LogP contribution in [0.25, 0.3) is 0 Å². The van der Waals surface area contributed by atoms with Gasteiger partial charge in [-0.05, 0) is 24.6 Å². The van der Waals surface area contributed by atoms with Crippen molar-refractivity contribution in [3.8, 4) is 0 Å². The van der Waals surface area contributed by atoms with Crippen LogP contribution in [0.2, 0.25) is 0 Å². The largest absolute Gasteiger partial charge is 0.386 e. The number of amides is 1. The predicted octanol–water partition coefficient (Wildman–Crippen LogP) is 1.58. The van der Waals surface area contributed by atoms with Gasteiger partial charge in [0, 0.05) is 18.3 Å². The van der Waals surface area contributed by atoms with Gasteiger partial charge in [0.05, 0.1) is 0 Å². The van der Waals surface area contributed by atoms with Crippen molar-refractivity contribution in [1.29, 1.82) is 0 Å². The zero-order valence-corrected chi connectivity index (χ0v) is 9.06. The number of nitrogens with two attached hydrogens (primary N) is 1. The quantitative estimate of drug-likeness (QED) is 0.624. The van der Waals surface area contributed by atoms with Gasteiger partial charge in [0.15, 0.2) is 17.5 Å². The van der Waals surface area contributed by atoms with Gasteiger partial charge in [0.25, 0.3) is 0 Å². The molecule has 3 N–H and O–H groups in total. The van der Waals surface area contributed by atoms with E-state index in [4.69, 9.17) is 5.73 Å². The van der Waals surface area contributed by atoms with Crippen molar-refractivity contribution in [1.82, 2.24) is 5.32 Å². The van der Waals surface area contributed by atoms with E-state index in [9.17, 15) is 18.0 Å². The first-order valence-electron chi connectivity index (χ1n) is 4.75. The van der Waals surface area contributed by atoms with Crippen molar-refractivity contribution >= 4 is 5.91 Å².